The highest BCUT2D eigenvalue weighted by Crippen LogP contribution is 2.44. The minimum atomic E-state index is 0.625. The molecule has 0 saturated carbocycles. The van der Waals surface area contributed by atoms with Crippen LogP contribution in [0.1, 0.15) is 0 Å². The van der Waals surface area contributed by atoms with Crippen molar-refractivity contribution in [2.45, 2.75) is 0 Å². The summed E-state index contributed by atoms with van der Waals surface area (Å²) in [6, 6.07) is 98.8. The molecular formula is C72H45N5. The van der Waals surface area contributed by atoms with Gasteiger partial charge in [-0.25, -0.2) is 9.97 Å². The Kier molecular flexibility index (Phi) is 9.57. The van der Waals surface area contributed by atoms with Crippen LogP contribution in [0.5, 0.6) is 0 Å². The first-order valence-corrected chi connectivity index (χ1v) is 26.3. The molecule has 5 nitrogen and oxygen atoms in total. The normalized spacial score (nSPS) is 11.9. The van der Waals surface area contributed by atoms with E-state index in [1.807, 2.05) is 0 Å². The van der Waals surface area contributed by atoms with Crippen LogP contribution in [0, 0.1) is 0 Å². The summed E-state index contributed by atoms with van der Waals surface area (Å²) in [6.07, 6.45) is 0. The minimum Gasteiger partial charge on any atom is -0.309 e. The summed E-state index contributed by atoms with van der Waals surface area (Å²) < 4.78 is 7.15. The Morgan fingerprint density at radius 2 is 0.649 bits per heavy atom. The van der Waals surface area contributed by atoms with Crippen molar-refractivity contribution in [2.24, 2.45) is 0 Å². The van der Waals surface area contributed by atoms with Gasteiger partial charge in [-0.15, -0.1) is 0 Å². The molecule has 0 radical (unpaired) electrons. The number of aromatic nitrogens is 5. The third-order valence-corrected chi connectivity index (χ3v) is 15.8. The Bertz CT molecular complexity index is 4940. The van der Waals surface area contributed by atoms with Gasteiger partial charge in [0.2, 0.25) is 5.95 Å². The molecule has 0 aliphatic heterocycles. The Labute approximate surface area is 443 Å². The van der Waals surface area contributed by atoms with E-state index in [0.717, 1.165) is 66.7 Å². The molecule has 4 heterocycles. The van der Waals surface area contributed by atoms with Crippen molar-refractivity contribution in [1.29, 1.82) is 0 Å². The fraction of sp³-hybridized carbons (Fsp3) is 0. The van der Waals surface area contributed by atoms with Gasteiger partial charge in [0.15, 0.2) is 0 Å². The van der Waals surface area contributed by atoms with Crippen molar-refractivity contribution in [3.63, 3.8) is 0 Å². The lowest BCUT2D eigenvalue weighted by molar-refractivity contribution is 0.995. The van der Waals surface area contributed by atoms with E-state index in [1.165, 1.54) is 76.4 Å². The van der Waals surface area contributed by atoms with Crippen molar-refractivity contribution in [2.75, 3.05) is 0 Å². The number of benzene rings is 12. The number of hydrogen-bond acceptors (Lipinski definition) is 2. The second kappa shape index (κ2) is 17.1. The van der Waals surface area contributed by atoms with Gasteiger partial charge in [-0.05, 0) is 123 Å². The first kappa shape index (κ1) is 43.1. The number of rotatable bonds is 7. The van der Waals surface area contributed by atoms with Crippen LogP contribution in [0.2, 0.25) is 0 Å². The molecule has 0 N–H and O–H groups in total. The summed E-state index contributed by atoms with van der Waals surface area (Å²) in [6.45, 7) is 0. The van der Waals surface area contributed by atoms with Crippen LogP contribution in [0.15, 0.2) is 273 Å². The third kappa shape index (κ3) is 6.88. The molecule has 5 heteroatoms. The molecule has 0 unspecified atom stereocenters. The van der Waals surface area contributed by atoms with E-state index < -0.39 is 0 Å². The monoisotopic (exact) mass is 979 g/mol. The van der Waals surface area contributed by atoms with E-state index in [1.54, 1.807) is 0 Å². The molecule has 0 fully saturated rings. The van der Waals surface area contributed by atoms with Gasteiger partial charge in [-0.3, -0.25) is 4.57 Å². The number of nitrogens with zero attached hydrogens (tertiary/aromatic N) is 5. The first-order chi connectivity index (χ1) is 38.2. The molecule has 0 aliphatic rings. The van der Waals surface area contributed by atoms with Gasteiger partial charge in [0.05, 0.1) is 44.5 Å². The first-order valence-electron chi connectivity index (χ1n) is 26.3. The van der Waals surface area contributed by atoms with Gasteiger partial charge in [0.1, 0.15) is 0 Å². The summed E-state index contributed by atoms with van der Waals surface area (Å²) in [7, 11) is 0. The van der Waals surface area contributed by atoms with Crippen molar-refractivity contribution in [1.82, 2.24) is 23.7 Å². The van der Waals surface area contributed by atoms with E-state index in [9.17, 15) is 0 Å². The highest BCUT2D eigenvalue weighted by Gasteiger charge is 2.23. The van der Waals surface area contributed by atoms with E-state index in [0.29, 0.717) is 5.95 Å². The molecule has 4 aromatic heterocycles. The zero-order chi connectivity index (χ0) is 50.6. The van der Waals surface area contributed by atoms with Crippen molar-refractivity contribution < 1.29 is 0 Å². The zero-order valence-electron chi connectivity index (χ0n) is 41.7. The van der Waals surface area contributed by atoms with Crippen LogP contribution < -0.4 is 0 Å². The molecule has 16 rings (SSSR count). The Morgan fingerprint density at radius 1 is 0.221 bits per heavy atom. The highest BCUT2D eigenvalue weighted by molar-refractivity contribution is 6.29. The molecule has 0 atom stereocenters. The standard InChI is InChI=1S/C72H45N5/c1-2-15-46(16-3-1)49-29-31-50(32-30-49)53-21-14-22-56(43-53)75-65-27-12-9-24-59(65)70-68(75)39-40-69-71(70)60-25-10-13-28-66(60)76(69)57-37-38-67-61(44-57)58-23-8-11-26-64(58)77(67)72-73-62(54-35-33-47-17-4-6-19-51(47)41-54)45-63(74-72)55-36-34-48-18-5-7-20-52(48)42-55/h1-45H. The molecule has 77 heavy (non-hydrogen) atoms. The molecular weight excluding hydrogens is 935 g/mol. The van der Waals surface area contributed by atoms with Gasteiger partial charge >= 0.3 is 0 Å². The Balaban J connectivity index is 0.870. The molecule has 0 saturated heterocycles. The van der Waals surface area contributed by atoms with Crippen molar-refractivity contribution >= 4 is 87.0 Å². The number of para-hydroxylation sites is 3. The Morgan fingerprint density at radius 3 is 1.25 bits per heavy atom. The zero-order valence-corrected chi connectivity index (χ0v) is 41.7. The Hall–Kier alpha value is -10.4. The second-order valence-corrected chi connectivity index (χ2v) is 20.2. The van der Waals surface area contributed by atoms with Gasteiger partial charge in [-0.2, -0.15) is 0 Å². The predicted octanol–water partition coefficient (Wildman–Crippen LogP) is 18.7. The molecule has 0 aliphatic carbocycles. The fourth-order valence-electron chi connectivity index (χ4n) is 12.2. The summed E-state index contributed by atoms with van der Waals surface area (Å²) in [5, 5.41) is 11.9. The lowest BCUT2D eigenvalue weighted by Crippen LogP contribution is -2.04. The SMILES string of the molecule is c1ccc(-c2ccc(-c3cccc(-n4c5ccccc5c5c6c7ccccc7n(-c7ccc8c(c7)c7ccccc7n8-c7nc(-c8ccc9ccccc9c8)cc(-c8ccc9ccccc9c8)n7)c6ccc54)c3)cc2)cc1. The van der Waals surface area contributed by atoms with Crippen LogP contribution >= 0.6 is 0 Å². The molecule has 358 valence electrons. The molecule has 16 aromatic rings. The maximum atomic E-state index is 5.45. The highest BCUT2D eigenvalue weighted by atomic mass is 15.2. The maximum absolute atomic E-state index is 5.45. The van der Waals surface area contributed by atoms with Gasteiger partial charge in [0, 0.05) is 54.8 Å². The van der Waals surface area contributed by atoms with Crippen LogP contribution in [0.25, 0.3) is 149 Å². The fourth-order valence-corrected chi connectivity index (χ4v) is 12.2. The van der Waals surface area contributed by atoms with E-state index in [4.69, 9.17) is 9.97 Å². The van der Waals surface area contributed by atoms with Crippen LogP contribution in [0.4, 0.5) is 0 Å². The summed E-state index contributed by atoms with van der Waals surface area (Å²) in [4.78, 5) is 10.9. The summed E-state index contributed by atoms with van der Waals surface area (Å²) >= 11 is 0. The molecule has 0 spiro atoms. The second-order valence-electron chi connectivity index (χ2n) is 20.2. The lowest BCUT2D eigenvalue weighted by atomic mass is 10.00. The largest absolute Gasteiger partial charge is 0.309 e. The number of hydrogen-bond donors (Lipinski definition) is 0. The molecule has 0 bridgehead atoms. The van der Waals surface area contributed by atoms with Gasteiger partial charge in [0.25, 0.3) is 0 Å². The predicted molar refractivity (Wildman–Crippen MR) is 322 cm³/mol. The quantitative estimate of drug-likeness (QED) is 0.160. The minimum absolute atomic E-state index is 0.625. The van der Waals surface area contributed by atoms with Crippen molar-refractivity contribution in [3.05, 3.63) is 273 Å². The topological polar surface area (TPSA) is 40.6 Å². The summed E-state index contributed by atoms with van der Waals surface area (Å²) in [5.74, 6) is 0.625. The van der Waals surface area contributed by atoms with E-state index >= 15 is 0 Å². The average Bonchev–Trinajstić information content (AvgIpc) is 4.36. The average molecular weight is 980 g/mol. The lowest BCUT2D eigenvalue weighted by Gasteiger charge is -2.13. The van der Waals surface area contributed by atoms with Crippen molar-refractivity contribution in [3.8, 4) is 62.1 Å². The van der Waals surface area contributed by atoms with Gasteiger partial charge in [-0.1, -0.05) is 194 Å². The summed E-state index contributed by atoms with van der Waals surface area (Å²) in [5.41, 5.74) is 17.6. The van der Waals surface area contributed by atoms with Crippen LogP contribution in [-0.4, -0.2) is 23.7 Å². The van der Waals surface area contributed by atoms with E-state index in [-0.39, 0.29) is 0 Å². The third-order valence-electron chi connectivity index (χ3n) is 15.8. The molecule has 12 aromatic carbocycles. The van der Waals surface area contributed by atoms with Crippen LogP contribution in [-0.2, 0) is 0 Å². The maximum Gasteiger partial charge on any atom is 0.235 e. The van der Waals surface area contributed by atoms with E-state index in [2.05, 4.69) is 287 Å². The smallest absolute Gasteiger partial charge is 0.235 e. The molecule has 0 amide bonds. The van der Waals surface area contributed by atoms with Gasteiger partial charge < -0.3 is 9.13 Å². The number of fused-ring (bicyclic) bond motifs is 12. The van der Waals surface area contributed by atoms with Crippen LogP contribution in [0.3, 0.4) is 0 Å².